The van der Waals surface area contributed by atoms with Crippen LogP contribution in [0.1, 0.15) is 18.4 Å². The number of ether oxygens (including phenoxy) is 2. The predicted molar refractivity (Wildman–Crippen MR) is 120 cm³/mol. The van der Waals surface area contributed by atoms with Crippen LogP contribution in [0.15, 0.2) is 61.1 Å². The molecule has 162 valence electrons. The molecule has 5 rings (SSSR count). The van der Waals surface area contributed by atoms with Gasteiger partial charge in [0, 0.05) is 49.6 Å². The highest BCUT2D eigenvalue weighted by atomic mass is 32.2. The molecule has 1 aromatic carbocycles. The summed E-state index contributed by atoms with van der Waals surface area (Å²) in [5.41, 5.74) is 2.11. The first-order chi connectivity index (χ1) is 15.2. The van der Waals surface area contributed by atoms with E-state index in [4.69, 9.17) is 9.47 Å². The first kappa shape index (κ1) is 20.4. The van der Waals surface area contributed by atoms with Crippen molar-refractivity contribution in [2.45, 2.75) is 24.4 Å². The molecule has 0 bridgehead atoms. The Balaban J connectivity index is 1.23. The molecule has 2 aliphatic rings. The van der Waals surface area contributed by atoms with E-state index in [9.17, 15) is 4.79 Å². The van der Waals surface area contributed by atoms with Crippen LogP contribution in [0, 0.1) is 0 Å². The summed E-state index contributed by atoms with van der Waals surface area (Å²) in [6.45, 7) is 2.70. The highest BCUT2D eigenvalue weighted by molar-refractivity contribution is 7.99. The van der Waals surface area contributed by atoms with E-state index in [1.807, 2.05) is 70.6 Å². The molecule has 3 aromatic rings. The minimum atomic E-state index is -0.443. The molecule has 2 saturated heterocycles. The van der Waals surface area contributed by atoms with Crippen LogP contribution < -0.4 is 0 Å². The first-order valence-corrected chi connectivity index (χ1v) is 11.8. The average Bonchev–Trinajstić information content (AvgIpc) is 3.56. The Morgan fingerprint density at radius 2 is 1.74 bits per heavy atom. The maximum atomic E-state index is 12.7. The number of carbonyl (C=O) groups is 1. The summed E-state index contributed by atoms with van der Waals surface area (Å²) in [7, 11) is 0. The van der Waals surface area contributed by atoms with Crippen molar-refractivity contribution in [1.29, 1.82) is 0 Å². The zero-order valence-electron chi connectivity index (χ0n) is 17.4. The highest BCUT2D eigenvalue weighted by Gasteiger charge is 2.40. The maximum Gasteiger partial charge on any atom is 0.232 e. The second-order valence-corrected chi connectivity index (χ2v) is 8.80. The average molecular weight is 439 g/mol. The van der Waals surface area contributed by atoms with Crippen LogP contribution in [0.3, 0.4) is 0 Å². The summed E-state index contributed by atoms with van der Waals surface area (Å²) in [5, 5.41) is 4.63. The highest BCUT2D eigenvalue weighted by Crippen LogP contribution is 2.31. The van der Waals surface area contributed by atoms with Crippen LogP contribution in [-0.2, 0) is 20.0 Å². The second kappa shape index (κ2) is 8.90. The number of hydrogen-bond donors (Lipinski definition) is 0. The molecule has 2 aliphatic heterocycles. The summed E-state index contributed by atoms with van der Waals surface area (Å²) < 4.78 is 15.5. The van der Waals surface area contributed by atoms with Crippen molar-refractivity contribution >= 4 is 17.7 Å². The zero-order chi connectivity index (χ0) is 21.1. The summed E-state index contributed by atoms with van der Waals surface area (Å²) in [6, 6.07) is 14.1. The smallest absolute Gasteiger partial charge is 0.232 e. The normalized spacial score (nSPS) is 18.0. The Labute approximate surface area is 185 Å². The van der Waals surface area contributed by atoms with Gasteiger partial charge in [0.15, 0.2) is 5.79 Å². The molecule has 31 heavy (non-hydrogen) atoms. The summed E-state index contributed by atoms with van der Waals surface area (Å²) in [5.74, 6) is 1.91. The number of thioether (sulfide) groups is 1. The Bertz CT molecular complexity index is 1000. The fourth-order valence-electron chi connectivity index (χ4n) is 4.21. The number of para-hydroxylation sites is 1. The number of likely N-dealkylation sites (tertiary alicyclic amines) is 1. The lowest BCUT2D eigenvalue weighted by atomic mass is 10.0. The fourth-order valence-corrected chi connectivity index (χ4v) is 5.09. The van der Waals surface area contributed by atoms with E-state index >= 15 is 0 Å². The van der Waals surface area contributed by atoms with Crippen molar-refractivity contribution in [3.63, 3.8) is 0 Å². The van der Waals surface area contributed by atoms with E-state index in [1.54, 1.807) is 11.8 Å². The lowest BCUT2D eigenvalue weighted by Gasteiger charge is -2.37. The molecule has 0 N–H and O–H groups in total. The minimum absolute atomic E-state index is 0.177. The summed E-state index contributed by atoms with van der Waals surface area (Å²) >= 11 is 1.63. The number of carbonyl (C=O) groups excluding carboxylic acids is 1. The number of nitrogens with zero attached hydrogens (tertiary/aromatic N) is 4. The Morgan fingerprint density at radius 1 is 1.03 bits per heavy atom. The van der Waals surface area contributed by atoms with E-state index in [0.717, 1.165) is 35.7 Å². The van der Waals surface area contributed by atoms with Gasteiger partial charge >= 0.3 is 0 Å². The molecule has 1 spiro atoms. The van der Waals surface area contributed by atoms with Crippen LogP contribution >= 0.6 is 11.8 Å². The van der Waals surface area contributed by atoms with E-state index in [-0.39, 0.29) is 5.91 Å². The Hall–Kier alpha value is -2.55. The van der Waals surface area contributed by atoms with Gasteiger partial charge in [0.1, 0.15) is 5.82 Å². The number of rotatable bonds is 6. The molecule has 2 fully saturated rings. The van der Waals surface area contributed by atoms with Gasteiger partial charge in [-0.2, -0.15) is 5.10 Å². The number of amides is 1. The number of piperidine rings is 1. The predicted octanol–water partition coefficient (Wildman–Crippen LogP) is 3.26. The molecule has 0 saturated carbocycles. The van der Waals surface area contributed by atoms with Gasteiger partial charge < -0.3 is 18.9 Å². The Morgan fingerprint density at radius 3 is 2.45 bits per heavy atom. The van der Waals surface area contributed by atoms with Gasteiger partial charge in [-0.3, -0.25) is 4.79 Å². The van der Waals surface area contributed by atoms with Gasteiger partial charge in [0.05, 0.1) is 30.9 Å². The molecule has 7 nitrogen and oxygen atoms in total. The van der Waals surface area contributed by atoms with Crippen molar-refractivity contribution in [3.8, 4) is 11.5 Å². The van der Waals surface area contributed by atoms with Crippen LogP contribution in [0.2, 0.25) is 0 Å². The summed E-state index contributed by atoms with van der Waals surface area (Å²) in [4.78, 5) is 14.7. The number of aromatic nitrogens is 3. The van der Waals surface area contributed by atoms with E-state index in [1.165, 1.54) is 0 Å². The van der Waals surface area contributed by atoms with Crippen molar-refractivity contribution in [2.24, 2.45) is 0 Å². The molecule has 0 radical (unpaired) electrons. The molecule has 0 aliphatic carbocycles. The minimum Gasteiger partial charge on any atom is -0.347 e. The molecule has 4 heterocycles. The van der Waals surface area contributed by atoms with E-state index < -0.39 is 5.79 Å². The quantitative estimate of drug-likeness (QED) is 0.591. The maximum absolute atomic E-state index is 12.7. The lowest BCUT2D eigenvalue weighted by molar-refractivity contribution is -0.186. The van der Waals surface area contributed by atoms with Gasteiger partial charge in [-0.1, -0.05) is 18.2 Å². The SMILES string of the molecule is O=C(CSCc1cnn(-c2ccccc2)c1-n1cccc1)N1CCC2(CC1)OCCO2. The van der Waals surface area contributed by atoms with Crippen molar-refractivity contribution < 1.29 is 14.3 Å². The van der Waals surface area contributed by atoms with Crippen molar-refractivity contribution in [3.05, 3.63) is 66.6 Å². The van der Waals surface area contributed by atoms with Gasteiger partial charge in [-0.25, -0.2) is 4.68 Å². The molecular formula is C23H26N4O3S. The summed E-state index contributed by atoms with van der Waals surface area (Å²) in [6.07, 6.45) is 7.45. The Kier molecular flexibility index (Phi) is 5.85. The largest absolute Gasteiger partial charge is 0.347 e. The van der Waals surface area contributed by atoms with Gasteiger partial charge in [-0.15, -0.1) is 11.8 Å². The third kappa shape index (κ3) is 4.28. The molecule has 0 unspecified atom stereocenters. The molecular weight excluding hydrogens is 412 g/mol. The van der Waals surface area contributed by atoms with E-state index in [2.05, 4.69) is 9.67 Å². The fraction of sp³-hybridized carbons (Fsp3) is 0.391. The zero-order valence-corrected chi connectivity index (χ0v) is 18.2. The first-order valence-electron chi connectivity index (χ1n) is 10.6. The van der Waals surface area contributed by atoms with E-state index in [0.29, 0.717) is 32.1 Å². The molecule has 8 heteroatoms. The second-order valence-electron chi connectivity index (χ2n) is 7.81. The number of hydrogen-bond acceptors (Lipinski definition) is 5. The topological polar surface area (TPSA) is 61.5 Å². The number of benzene rings is 1. The van der Waals surface area contributed by atoms with Crippen LogP contribution in [0.25, 0.3) is 11.5 Å². The third-order valence-electron chi connectivity index (χ3n) is 5.84. The van der Waals surface area contributed by atoms with Gasteiger partial charge in [-0.05, 0) is 24.3 Å². The standard InChI is InChI=1S/C23H26N4O3S/c28-21(25-12-8-23(9-13-25)29-14-15-30-23)18-31-17-19-16-24-27(20-6-2-1-3-7-20)22(19)26-10-4-5-11-26/h1-7,10-11,16H,8-9,12-15,17-18H2. The van der Waals surface area contributed by atoms with Crippen molar-refractivity contribution in [1.82, 2.24) is 19.2 Å². The van der Waals surface area contributed by atoms with Crippen LogP contribution in [-0.4, -0.2) is 63.0 Å². The molecule has 1 amide bonds. The third-order valence-corrected chi connectivity index (χ3v) is 6.81. The van der Waals surface area contributed by atoms with Gasteiger partial charge in [0.2, 0.25) is 5.91 Å². The van der Waals surface area contributed by atoms with Gasteiger partial charge in [0.25, 0.3) is 0 Å². The van der Waals surface area contributed by atoms with Crippen LogP contribution in [0.4, 0.5) is 0 Å². The van der Waals surface area contributed by atoms with Crippen LogP contribution in [0.5, 0.6) is 0 Å². The van der Waals surface area contributed by atoms with Crippen molar-refractivity contribution in [2.75, 3.05) is 32.1 Å². The monoisotopic (exact) mass is 438 g/mol. The molecule has 0 atom stereocenters. The lowest BCUT2D eigenvalue weighted by Crippen LogP contribution is -2.47. The molecule has 2 aromatic heterocycles.